The summed E-state index contributed by atoms with van der Waals surface area (Å²) < 4.78 is 6.21. The Kier molecular flexibility index (Phi) is 4.30. The molecule has 0 aliphatic rings. The Labute approximate surface area is 120 Å². The fraction of sp³-hybridized carbons (Fsp3) is 0.143. The van der Waals surface area contributed by atoms with E-state index in [-0.39, 0.29) is 5.75 Å². The highest BCUT2D eigenvalue weighted by atomic mass is 127. The van der Waals surface area contributed by atoms with Crippen LogP contribution in [0.15, 0.2) is 42.5 Å². The first-order chi connectivity index (χ1) is 8.70. The summed E-state index contributed by atoms with van der Waals surface area (Å²) in [6.45, 7) is 0.579. The summed E-state index contributed by atoms with van der Waals surface area (Å²) in [6.07, 6.45) is 0. The molecule has 0 saturated carbocycles. The zero-order chi connectivity index (χ0) is 13.0. The van der Waals surface area contributed by atoms with Crippen molar-refractivity contribution in [1.82, 2.24) is 0 Å². The lowest BCUT2D eigenvalue weighted by Crippen LogP contribution is -2.01. The molecular formula is C14H14INO2. The number of ether oxygens (including phenoxy) is 1. The van der Waals surface area contributed by atoms with E-state index < -0.39 is 0 Å². The highest BCUT2D eigenvalue weighted by Crippen LogP contribution is 2.25. The van der Waals surface area contributed by atoms with Crippen LogP contribution in [0.3, 0.4) is 0 Å². The topological polar surface area (TPSA) is 41.5 Å². The van der Waals surface area contributed by atoms with E-state index >= 15 is 0 Å². The average Bonchev–Trinajstić information content (AvgIpc) is 2.39. The van der Waals surface area contributed by atoms with E-state index in [4.69, 9.17) is 4.74 Å². The van der Waals surface area contributed by atoms with E-state index in [2.05, 4.69) is 27.9 Å². The summed E-state index contributed by atoms with van der Waals surface area (Å²) in [4.78, 5) is 0. The molecule has 0 aromatic heterocycles. The van der Waals surface area contributed by atoms with Crippen LogP contribution >= 0.6 is 22.6 Å². The van der Waals surface area contributed by atoms with E-state index in [9.17, 15) is 5.11 Å². The van der Waals surface area contributed by atoms with Crippen molar-refractivity contribution in [2.24, 2.45) is 0 Å². The van der Waals surface area contributed by atoms with E-state index in [0.29, 0.717) is 12.3 Å². The van der Waals surface area contributed by atoms with Gasteiger partial charge in [-0.25, -0.2) is 0 Å². The third-order valence-corrected chi connectivity index (χ3v) is 3.58. The minimum atomic E-state index is 0.243. The molecule has 0 saturated heterocycles. The number of anilines is 1. The van der Waals surface area contributed by atoms with Gasteiger partial charge in [0.1, 0.15) is 11.5 Å². The molecule has 0 aliphatic heterocycles. The number of phenols is 1. The number of hydrogen-bond donors (Lipinski definition) is 2. The molecule has 2 aromatic carbocycles. The molecule has 0 amide bonds. The Morgan fingerprint density at radius 1 is 1.22 bits per heavy atom. The summed E-state index contributed by atoms with van der Waals surface area (Å²) in [5.41, 5.74) is 1.91. The number of para-hydroxylation sites is 1. The average molecular weight is 355 g/mol. The molecule has 2 rings (SSSR count). The highest BCUT2D eigenvalue weighted by molar-refractivity contribution is 14.1. The Hall–Kier alpha value is -1.43. The van der Waals surface area contributed by atoms with Gasteiger partial charge < -0.3 is 15.2 Å². The predicted molar refractivity (Wildman–Crippen MR) is 81.1 cm³/mol. The summed E-state index contributed by atoms with van der Waals surface area (Å²) in [6, 6.07) is 13.4. The Balaban J connectivity index is 2.09. The summed E-state index contributed by atoms with van der Waals surface area (Å²) in [7, 11) is 1.58. The number of aromatic hydroxyl groups is 1. The monoisotopic (exact) mass is 355 g/mol. The maximum Gasteiger partial charge on any atom is 0.124 e. The molecule has 0 aliphatic carbocycles. The van der Waals surface area contributed by atoms with Gasteiger partial charge in [0.15, 0.2) is 0 Å². The van der Waals surface area contributed by atoms with Gasteiger partial charge in [-0.2, -0.15) is 0 Å². The number of rotatable bonds is 4. The van der Waals surface area contributed by atoms with Gasteiger partial charge in [-0.1, -0.05) is 12.1 Å². The van der Waals surface area contributed by atoms with Crippen LogP contribution < -0.4 is 10.1 Å². The van der Waals surface area contributed by atoms with E-state index in [1.54, 1.807) is 13.2 Å². The Morgan fingerprint density at radius 2 is 2.00 bits per heavy atom. The van der Waals surface area contributed by atoms with Crippen LogP contribution in [0.25, 0.3) is 0 Å². The molecule has 0 radical (unpaired) electrons. The molecule has 94 valence electrons. The van der Waals surface area contributed by atoms with E-state index in [1.165, 1.54) is 0 Å². The van der Waals surface area contributed by atoms with Gasteiger partial charge >= 0.3 is 0 Å². The highest BCUT2D eigenvalue weighted by Gasteiger charge is 2.04. The fourth-order valence-electron chi connectivity index (χ4n) is 1.62. The first-order valence-electron chi connectivity index (χ1n) is 5.55. The molecular weight excluding hydrogens is 341 g/mol. The van der Waals surface area contributed by atoms with Crippen molar-refractivity contribution in [3.63, 3.8) is 0 Å². The van der Waals surface area contributed by atoms with Crippen LogP contribution in [0.2, 0.25) is 0 Å². The van der Waals surface area contributed by atoms with E-state index in [1.807, 2.05) is 36.4 Å². The third-order valence-electron chi connectivity index (χ3n) is 2.64. The number of nitrogens with one attached hydrogen (secondary N) is 1. The molecule has 4 heteroatoms. The van der Waals surface area contributed by atoms with Crippen LogP contribution in [0, 0.1) is 3.57 Å². The number of hydrogen-bond acceptors (Lipinski definition) is 3. The second kappa shape index (κ2) is 5.95. The van der Waals surface area contributed by atoms with Crippen LogP contribution in [0.5, 0.6) is 11.5 Å². The van der Waals surface area contributed by atoms with Crippen molar-refractivity contribution in [2.45, 2.75) is 6.54 Å². The zero-order valence-electron chi connectivity index (χ0n) is 9.98. The van der Waals surface area contributed by atoms with Gasteiger partial charge in [-0.15, -0.1) is 0 Å². The molecule has 2 aromatic rings. The number of methoxy groups -OCH3 is 1. The van der Waals surface area contributed by atoms with E-state index in [0.717, 1.165) is 14.8 Å². The van der Waals surface area contributed by atoms with Crippen LogP contribution in [0.1, 0.15) is 5.56 Å². The SMILES string of the molecule is COc1ccc(CNc2ccccc2I)c(O)c1. The second-order valence-corrected chi connectivity index (χ2v) is 4.99. The molecule has 0 unspecified atom stereocenters. The number of phenolic OH excluding ortho intramolecular Hbond substituents is 1. The van der Waals surface area contributed by atoms with Crippen LogP contribution in [-0.4, -0.2) is 12.2 Å². The quantitative estimate of drug-likeness (QED) is 0.824. The predicted octanol–water partition coefficient (Wildman–Crippen LogP) is 3.62. The maximum atomic E-state index is 9.85. The lowest BCUT2D eigenvalue weighted by atomic mass is 10.2. The van der Waals surface area contributed by atoms with Crippen LogP contribution in [-0.2, 0) is 6.54 Å². The Morgan fingerprint density at radius 3 is 2.67 bits per heavy atom. The van der Waals surface area contributed by atoms with Crippen molar-refractivity contribution < 1.29 is 9.84 Å². The molecule has 0 spiro atoms. The third kappa shape index (κ3) is 3.07. The number of halogens is 1. The first kappa shape index (κ1) is 13.0. The minimum Gasteiger partial charge on any atom is -0.507 e. The van der Waals surface area contributed by atoms with Crippen molar-refractivity contribution >= 4 is 28.3 Å². The van der Waals surface area contributed by atoms with Crippen molar-refractivity contribution in [3.8, 4) is 11.5 Å². The molecule has 3 nitrogen and oxygen atoms in total. The van der Waals surface area contributed by atoms with Gasteiger partial charge in [0.05, 0.1) is 7.11 Å². The lowest BCUT2D eigenvalue weighted by Gasteiger charge is -2.10. The largest absolute Gasteiger partial charge is 0.507 e. The first-order valence-corrected chi connectivity index (χ1v) is 6.63. The smallest absolute Gasteiger partial charge is 0.124 e. The molecule has 0 atom stereocenters. The van der Waals surface area contributed by atoms with Crippen molar-refractivity contribution in [2.75, 3.05) is 12.4 Å². The fourth-order valence-corrected chi connectivity index (χ4v) is 2.19. The van der Waals surface area contributed by atoms with Gasteiger partial charge in [0.25, 0.3) is 0 Å². The molecule has 0 heterocycles. The van der Waals surface area contributed by atoms with Crippen molar-refractivity contribution in [1.29, 1.82) is 0 Å². The molecule has 0 fully saturated rings. The number of benzene rings is 2. The summed E-state index contributed by atoms with van der Waals surface area (Å²) in [5, 5.41) is 13.1. The van der Waals surface area contributed by atoms with Crippen molar-refractivity contribution in [3.05, 3.63) is 51.6 Å². The lowest BCUT2D eigenvalue weighted by molar-refractivity contribution is 0.406. The van der Waals surface area contributed by atoms with Gasteiger partial charge in [0, 0.05) is 27.4 Å². The standard InChI is InChI=1S/C14H14INO2/c1-18-11-7-6-10(14(17)8-11)9-16-13-5-3-2-4-12(13)15/h2-8,16-17H,9H2,1H3. The summed E-state index contributed by atoms with van der Waals surface area (Å²) >= 11 is 2.28. The van der Waals surface area contributed by atoms with Gasteiger partial charge in [-0.3, -0.25) is 0 Å². The Bertz CT molecular complexity index is 543. The molecule has 18 heavy (non-hydrogen) atoms. The molecule has 2 N–H and O–H groups in total. The second-order valence-electron chi connectivity index (χ2n) is 3.83. The minimum absolute atomic E-state index is 0.243. The summed E-state index contributed by atoms with van der Waals surface area (Å²) in [5.74, 6) is 0.901. The van der Waals surface area contributed by atoms with Gasteiger partial charge in [-0.05, 0) is 46.9 Å². The van der Waals surface area contributed by atoms with Crippen LogP contribution in [0.4, 0.5) is 5.69 Å². The normalized spacial score (nSPS) is 10.1. The zero-order valence-corrected chi connectivity index (χ0v) is 12.1. The van der Waals surface area contributed by atoms with Gasteiger partial charge in [0.2, 0.25) is 0 Å². The molecule has 0 bridgehead atoms. The maximum absolute atomic E-state index is 9.85.